The van der Waals surface area contributed by atoms with Crippen LogP contribution in [0.5, 0.6) is 0 Å². The summed E-state index contributed by atoms with van der Waals surface area (Å²) < 4.78 is 1.94. The van der Waals surface area contributed by atoms with Crippen LogP contribution in [-0.2, 0) is 11.3 Å². The lowest BCUT2D eigenvalue weighted by Gasteiger charge is -2.27. The van der Waals surface area contributed by atoms with Gasteiger partial charge in [0.1, 0.15) is 6.54 Å². The van der Waals surface area contributed by atoms with Gasteiger partial charge in [-0.3, -0.25) is 9.59 Å². The number of carbonyl (C=O) groups excluding carboxylic acids is 1. The number of para-hydroxylation sites is 2. The summed E-state index contributed by atoms with van der Waals surface area (Å²) in [5.74, 6) is -0.0237. The predicted octanol–water partition coefficient (Wildman–Crippen LogP) is 2.96. The van der Waals surface area contributed by atoms with Crippen molar-refractivity contribution in [3.05, 3.63) is 58.8 Å². The summed E-state index contributed by atoms with van der Waals surface area (Å²) in [5, 5.41) is 4.42. The number of halogens is 1. The monoisotopic (exact) mass is 385 g/mol. The number of nitrogens with zero attached hydrogens (tertiary/aromatic N) is 1. The van der Waals surface area contributed by atoms with Gasteiger partial charge in [-0.05, 0) is 49.9 Å². The molecule has 27 heavy (non-hydrogen) atoms. The number of benzene rings is 2. The van der Waals surface area contributed by atoms with Crippen molar-refractivity contribution in [3.8, 4) is 0 Å². The van der Waals surface area contributed by atoms with Crippen molar-refractivity contribution >= 4 is 40.1 Å². The van der Waals surface area contributed by atoms with E-state index in [0.29, 0.717) is 10.8 Å². The van der Waals surface area contributed by atoms with Crippen molar-refractivity contribution in [3.63, 3.8) is 0 Å². The Balaban J connectivity index is 0.00000210. The molecule has 0 bridgehead atoms. The normalized spacial score (nSPS) is 19.6. The van der Waals surface area contributed by atoms with Crippen LogP contribution >= 0.6 is 12.4 Å². The molecule has 1 aliphatic carbocycles. The van der Waals surface area contributed by atoms with Gasteiger partial charge in [-0.25, -0.2) is 0 Å². The molecule has 5 nitrogen and oxygen atoms in total. The molecule has 2 aromatic carbocycles. The fourth-order valence-electron chi connectivity index (χ4n) is 3.93. The van der Waals surface area contributed by atoms with Gasteiger partial charge in [0.25, 0.3) is 0 Å². The van der Waals surface area contributed by atoms with E-state index in [1.165, 1.54) is 0 Å². The Morgan fingerprint density at radius 1 is 0.963 bits per heavy atom. The fourth-order valence-corrected chi connectivity index (χ4v) is 3.93. The first-order valence-corrected chi connectivity index (χ1v) is 9.18. The average molecular weight is 386 g/mol. The second-order valence-corrected chi connectivity index (χ2v) is 7.13. The van der Waals surface area contributed by atoms with Crippen LogP contribution in [0.15, 0.2) is 53.3 Å². The van der Waals surface area contributed by atoms with Gasteiger partial charge in [0.15, 0.2) is 5.43 Å². The number of pyridine rings is 1. The van der Waals surface area contributed by atoms with Crippen LogP contribution in [0.4, 0.5) is 0 Å². The summed E-state index contributed by atoms with van der Waals surface area (Å²) in [5.41, 5.74) is 7.53. The van der Waals surface area contributed by atoms with E-state index in [-0.39, 0.29) is 42.4 Å². The maximum absolute atomic E-state index is 12.7. The highest BCUT2D eigenvalue weighted by atomic mass is 35.5. The van der Waals surface area contributed by atoms with E-state index in [4.69, 9.17) is 5.73 Å². The molecule has 3 N–H and O–H groups in total. The lowest BCUT2D eigenvalue weighted by molar-refractivity contribution is -0.122. The third kappa shape index (κ3) is 3.84. The van der Waals surface area contributed by atoms with Crippen molar-refractivity contribution in [1.29, 1.82) is 0 Å². The quantitative estimate of drug-likeness (QED) is 0.680. The van der Waals surface area contributed by atoms with E-state index < -0.39 is 0 Å². The standard InChI is InChI=1S/C21H23N3O2.ClH/c22-14-9-11-15(12-10-14)23-20(25)13-24-18-7-3-1-5-16(18)21(26)17-6-2-4-8-19(17)24;/h1-8,14-15H,9-13,22H2,(H,23,25);1H. The Morgan fingerprint density at radius 2 is 1.48 bits per heavy atom. The van der Waals surface area contributed by atoms with E-state index >= 15 is 0 Å². The topological polar surface area (TPSA) is 77.1 Å². The zero-order chi connectivity index (χ0) is 18.1. The van der Waals surface area contributed by atoms with E-state index in [0.717, 1.165) is 36.7 Å². The van der Waals surface area contributed by atoms with Crippen LogP contribution in [-0.4, -0.2) is 22.6 Å². The first-order chi connectivity index (χ1) is 12.6. The molecule has 0 atom stereocenters. The Morgan fingerprint density at radius 3 is 2.04 bits per heavy atom. The van der Waals surface area contributed by atoms with Crippen molar-refractivity contribution in [2.75, 3.05) is 0 Å². The third-order valence-corrected chi connectivity index (χ3v) is 5.32. The molecule has 6 heteroatoms. The highest BCUT2D eigenvalue weighted by Crippen LogP contribution is 2.20. The number of fused-ring (bicyclic) bond motifs is 2. The van der Waals surface area contributed by atoms with Crippen LogP contribution < -0.4 is 16.5 Å². The maximum Gasteiger partial charge on any atom is 0.240 e. The Hall–Kier alpha value is -2.37. The number of carbonyl (C=O) groups is 1. The maximum atomic E-state index is 12.7. The molecule has 1 saturated carbocycles. The lowest BCUT2D eigenvalue weighted by atomic mass is 9.92. The minimum Gasteiger partial charge on any atom is -0.352 e. The summed E-state index contributed by atoms with van der Waals surface area (Å²) in [6.45, 7) is 0.198. The smallest absolute Gasteiger partial charge is 0.240 e. The fraction of sp³-hybridized carbons (Fsp3) is 0.333. The van der Waals surface area contributed by atoms with E-state index in [9.17, 15) is 9.59 Å². The summed E-state index contributed by atoms with van der Waals surface area (Å²) >= 11 is 0. The second kappa shape index (κ2) is 8.11. The molecular formula is C21H24ClN3O2. The number of aromatic nitrogens is 1. The molecule has 0 saturated heterocycles. The van der Waals surface area contributed by atoms with Crippen LogP contribution in [0, 0.1) is 0 Å². The van der Waals surface area contributed by atoms with E-state index in [1.807, 2.05) is 53.1 Å². The molecule has 1 aliphatic rings. The van der Waals surface area contributed by atoms with Gasteiger partial charge in [0.05, 0.1) is 11.0 Å². The zero-order valence-electron chi connectivity index (χ0n) is 15.1. The van der Waals surface area contributed by atoms with Gasteiger partial charge in [0, 0.05) is 22.9 Å². The molecule has 1 fully saturated rings. The number of amides is 1. The van der Waals surface area contributed by atoms with E-state index in [2.05, 4.69) is 5.32 Å². The number of nitrogens with one attached hydrogen (secondary N) is 1. The first kappa shape index (κ1) is 19.4. The average Bonchev–Trinajstić information content (AvgIpc) is 2.67. The van der Waals surface area contributed by atoms with Gasteiger partial charge in [0.2, 0.25) is 5.91 Å². The molecule has 4 rings (SSSR count). The SMILES string of the molecule is Cl.NC1CCC(NC(=O)Cn2c3ccccc3c(=O)c3ccccc32)CC1. The highest BCUT2D eigenvalue weighted by Gasteiger charge is 2.20. The van der Waals surface area contributed by atoms with Crippen LogP contribution in [0.1, 0.15) is 25.7 Å². The highest BCUT2D eigenvalue weighted by molar-refractivity contribution is 5.94. The number of nitrogens with two attached hydrogens (primary N) is 1. The predicted molar refractivity (Wildman–Crippen MR) is 111 cm³/mol. The molecule has 0 unspecified atom stereocenters. The van der Waals surface area contributed by atoms with Gasteiger partial charge in [-0.1, -0.05) is 24.3 Å². The lowest BCUT2D eigenvalue weighted by Crippen LogP contribution is -2.41. The number of hydrogen-bond donors (Lipinski definition) is 2. The summed E-state index contributed by atoms with van der Waals surface area (Å²) in [7, 11) is 0. The molecule has 0 radical (unpaired) electrons. The molecule has 3 aromatic rings. The summed E-state index contributed by atoms with van der Waals surface area (Å²) in [6.07, 6.45) is 3.76. The molecule has 1 aromatic heterocycles. The third-order valence-electron chi connectivity index (χ3n) is 5.32. The van der Waals surface area contributed by atoms with Crippen molar-refractivity contribution in [2.45, 2.75) is 44.3 Å². The Labute approximate surface area is 164 Å². The minimum absolute atomic E-state index is 0. The Bertz CT molecular complexity index is 963. The van der Waals surface area contributed by atoms with Crippen molar-refractivity contribution < 1.29 is 4.79 Å². The van der Waals surface area contributed by atoms with Gasteiger partial charge < -0.3 is 15.6 Å². The van der Waals surface area contributed by atoms with Gasteiger partial charge in [-0.15, -0.1) is 12.4 Å². The molecule has 142 valence electrons. The number of hydrogen-bond acceptors (Lipinski definition) is 3. The number of rotatable bonds is 3. The second-order valence-electron chi connectivity index (χ2n) is 7.13. The molecule has 0 aliphatic heterocycles. The van der Waals surface area contributed by atoms with Crippen LogP contribution in [0.2, 0.25) is 0 Å². The van der Waals surface area contributed by atoms with Crippen molar-refractivity contribution in [2.24, 2.45) is 5.73 Å². The zero-order valence-corrected chi connectivity index (χ0v) is 15.9. The van der Waals surface area contributed by atoms with Crippen LogP contribution in [0.3, 0.4) is 0 Å². The van der Waals surface area contributed by atoms with Gasteiger partial charge in [-0.2, -0.15) is 0 Å². The van der Waals surface area contributed by atoms with E-state index in [1.54, 1.807) is 0 Å². The molecule has 1 amide bonds. The van der Waals surface area contributed by atoms with Gasteiger partial charge >= 0.3 is 0 Å². The van der Waals surface area contributed by atoms with Crippen molar-refractivity contribution in [1.82, 2.24) is 9.88 Å². The molecule has 1 heterocycles. The van der Waals surface area contributed by atoms with Crippen LogP contribution in [0.25, 0.3) is 21.8 Å². The largest absolute Gasteiger partial charge is 0.352 e. The molecular weight excluding hydrogens is 362 g/mol. The summed E-state index contributed by atoms with van der Waals surface area (Å²) in [4.78, 5) is 25.4. The first-order valence-electron chi connectivity index (χ1n) is 9.18. The summed E-state index contributed by atoms with van der Waals surface area (Å²) in [6, 6.07) is 15.4. The minimum atomic E-state index is -0.0237. The Kier molecular flexibility index (Phi) is 5.82. The molecule has 0 spiro atoms.